The number of benzene rings is 1. The minimum absolute atomic E-state index is 0.112. The lowest BCUT2D eigenvalue weighted by atomic mass is 10.1. The smallest absolute Gasteiger partial charge is 0.407 e. The van der Waals surface area contributed by atoms with Gasteiger partial charge in [-0.05, 0) is 31.0 Å². The van der Waals surface area contributed by atoms with Crippen LogP contribution >= 0.6 is 0 Å². The van der Waals surface area contributed by atoms with Gasteiger partial charge in [0.1, 0.15) is 24.1 Å². The molecule has 1 aliphatic heterocycles. The third kappa shape index (κ3) is 6.25. The topological polar surface area (TPSA) is 148 Å². The lowest BCUT2D eigenvalue weighted by molar-refractivity contribution is 0.0866. The van der Waals surface area contributed by atoms with Gasteiger partial charge in [-0.1, -0.05) is 6.07 Å². The average molecular weight is 453 g/mol. The number of hydrogen-bond acceptors (Lipinski definition) is 7. The minimum atomic E-state index is -3.62. The summed E-state index contributed by atoms with van der Waals surface area (Å²) in [6, 6.07) is 4.36. The molecule has 0 spiro atoms. The Hall–Kier alpha value is -2.99. The second kappa shape index (κ2) is 9.43. The molecule has 2 aromatic rings. The van der Waals surface area contributed by atoms with Gasteiger partial charge in [0.15, 0.2) is 0 Å². The van der Waals surface area contributed by atoms with Gasteiger partial charge in [-0.15, -0.1) is 0 Å². The Labute approximate surface area is 179 Å². The first-order valence-electron chi connectivity index (χ1n) is 9.64. The number of halogens is 1. The zero-order chi connectivity index (χ0) is 22.6. The van der Waals surface area contributed by atoms with Gasteiger partial charge < -0.3 is 20.1 Å². The number of primary sulfonamides is 1. The number of rotatable bonds is 7. The predicted molar refractivity (Wildman–Crippen MR) is 111 cm³/mol. The average Bonchev–Trinajstić information content (AvgIpc) is 2.71. The summed E-state index contributed by atoms with van der Waals surface area (Å²) in [5.41, 5.74) is 1.26. The molecule has 0 aliphatic carbocycles. The fourth-order valence-electron chi connectivity index (χ4n) is 3.20. The fourth-order valence-corrected chi connectivity index (χ4v) is 3.73. The highest BCUT2D eigenvalue weighted by Gasteiger charge is 2.24. The molecule has 0 bridgehead atoms. The zero-order valence-corrected chi connectivity index (χ0v) is 17.7. The summed E-state index contributed by atoms with van der Waals surface area (Å²) in [4.78, 5) is 20.6. The van der Waals surface area contributed by atoms with Crippen LogP contribution in [0.2, 0.25) is 0 Å². The first-order valence-corrected chi connectivity index (χ1v) is 11.4. The summed E-state index contributed by atoms with van der Waals surface area (Å²) < 4.78 is 42.6. The molecule has 3 rings (SSSR count). The van der Waals surface area contributed by atoms with Crippen LogP contribution in [0.15, 0.2) is 24.5 Å². The molecule has 1 fully saturated rings. The molecule has 168 valence electrons. The van der Waals surface area contributed by atoms with E-state index < -0.39 is 21.9 Å². The van der Waals surface area contributed by atoms with Crippen LogP contribution in [-0.4, -0.2) is 59.4 Å². The zero-order valence-electron chi connectivity index (χ0n) is 16.9. The van der Waals surface area contributed by atoms with Gasteiger partial charge in [0.05, 0.1) is 17.0 Å². The van der Waals surface area contributed by atoms with E-state index in [4.69, 9.17) is 15.0 Å². The number of nitrogens with one attached hydrogen (secondary N) is 1. The molecule has 1 amide bonds. The van der Waals surface area contributed by atoms with Crippen LogP contribution in [0.25, 0.3) is 0 Å². The van der Waals surface area contributed by atoms with Crippen molar-refractivity contribution in [1.82, 2.24) is 14.9 Å². The van der Waals surface area contributed by atoms with Crippen molar-refractivity contribution in [2.45, 2.75) is 32.3 Å². The van der Waals surface area contributed by atoms with Crippen LogP contribution in [0.5, 0.6) is 5.88 Å². The second-order valence-electron chi connectivity index (χ2n) is 7.30. The first-order chi connectivity index (χ1) is 14.6. The molecule has 31 heavy (non-hydrogen) atoms. The fraction of sp³-hybridized carbons (Fsp3) is 0.421. The number of nitrogens with zero attached hydrogens (tertiary/aromatic N) is 3. The van der Waals surface area contributed by atoms with Gasteiger partial charge >= 0.3 is 6.09 Å². The molecule has 0 radical (unpaired) electrons. The quantitative estimate of drug-likeness (QED) is 0.577. The van der Waals surface area contributed by atoms with Crippen molar-refractivity contribution in [3.05, 3.63) is 41.5 Å². The molecule has 4 N–H and O–H groups in total. The second-order valence-corrected chi connectivity index (χ2v) is 9.03. The Bertz CT molecular complexity index is 1060. The van der Waals surface area contributed by atoms with Crippen molar-refractivity contribution in [3.63, 3.8) is 0 Å². The van der Waals surface area contributed by atoms with E-state index in [0.29, 0.717) is 48.8 Å². The summed E-state index contributed by atoms with van der Waals surface area (Å²) in [7, 11) is -3.62. The Morgan fingerprint density at radius 2 is 2.06 bits per heavy atom. The number of hydrogen-bond donors (Lipinski definition) is 3. The lowest BCUT2D eigenvalue weighted by Crippen LogP contribution is -2.41. The molecular formula is C19H24FN5O5S. The van der Waals surface area contributed by atoms with Crippen molar-refractivity contribution in [3.8, 4) is 5.88 Å². The molecule has 2 heterocycles. The maximum Gasteiger partial charge on any atom is 0.407 e. The van der Waals surface area contributed by atoms with Gasteiger partial charge in [-0.3, -0.25) is 0 Å². The molecule has 10 nitrogen and oxygen atoms in total. The highest BCUT2D eigenvalue weighted by atomic mass is 32.2. The van der Waals surface area contributed by atoms with E-state index in [1.54, 1.807) is 13.0 Å². The van der Waals surface area contributed by atoms with E-state index >= 15 is 0 Å². The van der Waals surface area contributed by atoms with E-state index in [1.807, 2.05) is 0 Å². The molecular weight excluding hydrogens is 429 g/mol. The van der Waals surface area contributed by atoms with Gasteiger partial charge in [0.2, 0.25) is 15.9 Å². The monoisotopic (exact) mass is 453 g/mol. The van der Waals surface area contributed by atoms with Gasteiger partial charge in [0.25, 0.3) is 0 Å². The van der Waals surface area contributed by atoms with Crippen molar-refractivity contribution >= 4 is 27.6 Å². The van der Waals surface area contributed by atoms with E-state index in [1.165, 1.54) is 23.4 Å². The van der Waals surface area contributed by atoms with E-state index in [9.17, 15) is 17.6 Å². The van der Waals surface area contributed by atoms with Crippen molar-refractivity contribution < 1.29 is 27.4 Å². The molecule has 0 unspecified atom stereocenters. The SMILES string of the molecule is Cc1c(Nc2ccc(CCS(N)(=O)=O)cc2F)ncnc1OC1CCN(C(=O)O)CC1. The molecule has 1 saturated heterocycles. The molecule has 12 heteroatoms. The number of sulfonamides is 1. The molecule has 1 aliphatic rings. The number of ether oxygens (including phenoxy) is 1. The third-order valence-corrected chi connectivity index (χ3v) is 5.76. The van der Waals surface area contributed by atoms with Crippen molar-refractivity contribution in [2.75, 3.05) is 24.2 Å². The Morgan fingerprint density at radius 1 is 1.35 bits per heavy atom. The number of carbonyl (C=O) groups is 1. The Balaban J connectivity index is 1.67. The normalized spacial score (nSPS) is 15.0. The van der Waals surface area contributed by atoms with Crippen LogP contribution in [0, 0.1) is 12.7 Å². The maximum absolute atomic E-state index is 14.5. The number of aryl methyl sites for hydroxylation is 1. The van der Waals surface area contributed by atoms with E-state index in [-0.39, 0.29) is 24.0 Å². The first kappa shape index (κ1) is 22.7. The van der Waals surface area contributed by atoms with Crippen LogP contribution in [0.3, 0.4) is 0 Å². The molecule has 1 aromatic heterocycles. The van der Waals surface area contributed by atoms with Gasteiger partial charge in [0, 0.05) is 25.9 Å². The molecule has 0 atom stereocenters. The van der Waals surface area contributed by atoms with Crippen LogP contribution in [0.1, 0.15) is 24.0 Å². The highest BCUT2D eigenvalue weighted by Crippen LogP contribution is 2.28. The van der Waals surface area contributed by atoms with Gasteiger partial charge in [-0.2, -0.15) is 0 Å². The van der Waals surface area contributed by atoms with Crippen molar-refractivity contribution in [1.29, 1.82) is 0 Å². The number of aromatic nitrogens is 2. The lowest BCUT2D eigenvalue weighted by Gasteiger charge is -2.30. The van der Waals surface area contributed by atoms with Crippen LogP contribution in [0.4, 0.5) is 20.7 Å². The number of amides is 1. The van der Waals surface area contributed by atoms with Crippen molar-refractivity contribution in [2.24, 2.45) is 5.14 Å². The number of anilines is 2. The minimum Gasteiger partial charge on any atom is -0.474 e. The highest BCUT2D eigenvalue weighted by molar-refractivity contribution is 7.89. The van der Waals surface area contributed by atoms with E-state index in [0.717, 1.165) is 0 Å². The standard InChI is InChI=1S/C19H24FN5O5S/c1-12-17(24-16-3-2-13(10-15(16)20)6-9-31(21,28)29)22-11-23-18(12)30-14-4-7-25(8-5-14)19(26)27/h2-3,10-11,14H,4-9H2,1H3,(H,26,27)(H2,21,28,29)(H,22,23,24). The molecule has 1 aromatic carbocycles. The third-order valence-electron chi connectivity index (χ3n) is 4.99. The number of carboxylic acid groups (broad SMARTS) is 1. The Kier molecular flexibility index (Phi) is 6.91. The van der Waals surface area contributed by atoms with E-state index in [2.05, 4.69) is 15.3 Å². The van der Waals surface area contributed by atoms with Crippen LogP contribution < -0.4 is 15.2 Å². The van der Waals surface area contributed by atoms with Crippen LogP contribution in [-0.2, 0) is 16.4 Å². The Morgan fingerprint density at radius 3 is 2.68 bits per heavy atom. The summed E-state index contributed by atoms with van der Waals surface area (Å²) in [5.74, 6) is -0.120. The summed E-state index contributed by atoms with van der Waals surface area (Å²) in [5, 5.41) is 16.9. The predicted octanol–water partition coefficient (Wildman–Crippen LogP) is 2.02. The largest absolute Gasteiger partial charge is 0.474 e. The maximum atomic E-state index is 14.5. The number of piperidine rings is 1. The summed E-state index contributed by atoms with van der Waals surface area (Å²) in [6.45, 7) is 2.51. The molecule has 0 saturated carbocycles. The number of likely N-dealkylation sites (tertiary alicyclic amines) is 1. The van der Waals surface area contributed by atoms with Gasteiger partial charge in [-0.25, -0.2) is 32.7 Å². The number of nitrogens with two attached hydrogens (primary N) is 1. The summed E-state index contributed by atoms with van der Waals surface area (Å²) >= 11 is 0. The summed E-state index contributed by atoms with van der Waals surface area (Å²) in [6.07, 6.45) is 1.39.